The first-order valence-corrected chi connectivity index (χ1v) is 3.24. The summed E-state index contributed by atoms with van der Waals surface area (Å²) in [7, 11) is 0. The van der Waals surface area contributed by atoms with Gasteiger partial charge in [0.1, 0.15) is 0 Å². The van der Waals surface area contributed by atoms with E-state index >= 15 is 0 Å². The van der Waals surface area contributed by atoms with Gasteiger partial charge in [-0.2, -0.15) is 0 Å². The summed E-state index contributed by atoms with van der Waals surface area (Å²) in [5.41, 5.74) is 0. The predicted molar refractivity (Wildman–Crippen MR) is 38.7 cm³/mol. The Hall–Kier alpha value is -0.340. The van der Waals surface area contributed by atoms with E-state index in [1.165, 1.54) is 0 Å². The fourth-order valence-electron chi connectivity index (χ4n) is 0.492. The van der Waals surface area contributed by atoms with Crippen LogP contribution in [0.4, 0.5) is 0 Å². The van der Waals surface area contributed by atoms with Crippen molar-refractivity contribution in [1.29, 1.82) is 0 Å². The van der Waals surface area contributed by atoms with Crippen LogP contribution in [0.25, 0.3) is 0 Å². The molecule has 0 bridgehead atoms. The maximum atomic E-state index is 4.79. The van der Waals surface area contributed by atoms with Crippen LogP contribution in [-0.2, 0) is 4.84 Å². The van der Waals surface area contributed by atoms with Gasteiger partial charge in [0, 0.05) is 0 Å². The van der Waals surface area contributed by atoms with Gasteiger partial charge in [0.15, 0.2) is 0 Å². The minimum absolute atomic E-state index is 0.521. The minimum atomic E-state index is 0.521. The molecule has 0 fully saturated rings. The Morgan fingerprint density at radius 3 is 2.56 bits per heavy atom. The Morgan fingerprint density at radius 2 is 2.11 bits per heavy atom. The van der Waals surface area contributed by atoms with Crippen LogP contribution in [0.3, 0.4) is 0 Å². The largest absolute Gasteiger partial charge is 0.300 e. The fourth-order valence-corrected chi connectivity index (χ4v) is 0.492. The van der Waals surface area contributed by atoms with Crippen molar-refractivity contribution in [2.45, 2.75) is 20.3 Å². The molecule has 0 aromatic carbocycles. The summed E-state index contributed by atoms with van der Waals surface area (Å²) in [4.78, 5) is 4.34. The predicted octanol–water partition coefficient (Wildman–Crippen LogP) is 1.48. The van der Waals surface area contributed by atoms with Crippen LogP contribution in [-0.4, -0.2) is 6.61 Å². The highest BCUT2D eigenvalue weighted by Gasteiger charge is 1.85. The number of allylic oxidation sites excluding steroid dienone is 1. The zero-order valence-electron chi connectivity index (χ0n) is 6.13. The standard InChI is InChI=1S/C7H15NO/c1-7(2)5-3-4-6-9-8/h3-4,7H,5-6,8H2,1-2H3/b4-3+. The summed E-state index contributed by atoms with van der Waals surface area (Å²) in [6.45, 7) is 4.87. The molecule has 0 saturated carbocycles. The Bertz CT molecular complexity index is 79.0. The van der Waals surface area contributed by atoms with E-state index in [0.717, 1.165) is 12.3 Å². The second-order valence-corrected chi connectivity index (χ2v) is 2.43. The minimum Gasteiger partial charge on any atom is -0.300 e. The van der Waals surface area contributed by atoms with Crippen molar-refractivity contribution < 1.29 is 4.84 Å². The van der Waals surface area contributed by atoms with Crippen LogP contribution in [0.5, 0.6) is 0 Å². The summed E-state index contributed by atoms with van der Waals surface area (Å²) in [5.74, 6) is 5.52. The van der Waals surface area contributed by atoms with Gasteiger partial charge >= 0.3 is 0 Å². The van der Waals surface area contributed by atoms with Crippen LogP contribution in [0.2, 0.25) is 0 Å². The second kappa shape index (κ2) is 5.79. The van der Waals surface area contributed by atoms with E-state index in [2.05, 4.69) is 24.8 Å². The summed E-state index contributed by atoms with van der Waals surface area (Å²) in [6, 6.07) is 0. The molecule has 0 unspecified atom stereocenters. The molecule has 2 heteroatoms. The zero-order chi connectivity index (χ0) is 7.11. The lowest BCUT2D eigenvalue weighted by molar-refractivity contribution is 0.167. The highest BCUT2D eigenvalue weighted by atomic mass is 16.6. The van der Waals surface area contributed by atoms with Crippen molar-refractivity contribution in [2.24, 2.45) is 11.8 Å². The third-order valence-electron chi connectivity index (χ3n) is 0.967. The molecule has 0 amide bonds. The van der Waals surface area contributed by atoms with Crippen molar-refractivity contribution in [3.63, 3.8) is 0 Å². The van der Waals surface area contributed by atoms with Crippen molar-refractivity contribution in [3.05, 3.63) is 12.2 Å². The summed E-state index contributed by atoms with van der Waals surface area (Å²) in [6.07, 6.45) is 5.11. The first kappa shape index (κ1) is 8.66. The molecule has 2 N–H and O–H groups in total. The lowest BCUT2D eigenvalue weighted by Crippen LogP contribution is -1.97. The number of nitrogens with two attached hydrogens (primary N) is 1. The molecule has 0 aliphatic rings. The summed E-state index contributed by atoms with van der Waals surface area (Å²) < 4.78 is 0. The highest BCUT2D eigenvalue weighted by Crippen LogP contribution is 1.98. The maximum absolute atomic E-state index is 4.79. The summed E-state index contributed by atoms with van der Waals surface area (Å²) >= 11 is 0. The topological polar surface area (TPSA) is 35.2 Å². The first-order valence-electron chi connectivity index (χ1n) is 3.24. The van der Waals surface area contributed by atoms with Gasteiger partial charge in [-0.05, 0) is 12.3 Å². The van der Waals surface area contributed by atoms with E-state index in [-0.39, 0.29) is 0 Å². The van der Waals surface area contributed by atoms with Gasteiger partial charge in [0.05, 0.1) is 6.61 Å². The molecule has 0 aliphatic carbocycles. The molecule has 0 rings (SSSR count). The van der Waals surface area contributed by atoms with Gasteiger partial charge in [-0.1, -0.05) is 26.0 Å². The lowest BCUT2D eigenvalue weighted by atomic mass is 10.1. The Labute approximate surface area is 56.6 Å². The van der Waals surface area contributed by atoms with E-state index in [0.29, 0.717) is 6.61 Å². The normalized spacial score (nSPS) is 11.6. The van der Waals surface area contributed by atoms with E-state index in [1.807, 2.05) is 6.08 Å². The number of hydrogen-bond acceptors (Lipinski definition) is 2. The van der Waals surface area contributed by atoms with Gasteiger partial charge < -0.3 is 4.84 Å². The van der Waals surface area contributed by atoms with Crippen LogP contribution in [0.1, 0.15) is 20.3 Å². The van der Waals surface area contributed by atoms with Gasteiger partial charge in [0.2, 0.25) is 0 Å². The molecular formula is C7H15NO. The van der Waals surface area contributed by atoms with Crippen molar-refractivity contribution >= 4 is 0 Å². The van der Waals surface area contributed by atoms with Crippen LogP contribution >= 0.6 is 0 Å². The van der Waals surface area contributed by atoms with Gasteiger partial charge in [0.25, 0.3) is 0 Å². The van der Waals surface area contributed by atoms with E-state index in [9.17, 15) is 0 Å². The molecule has 0 atom stereocenters. The van der Waals surface area contributed by atoms with Gasteiger partial charge in [-0.15, -0.1) is 0 Å². The third kappa shape index (κ3) is 7.66. The molecule has 54 valence electrons. The van der Waals surface area contributed by atoms with E-state index in [4.69, 9.17) is 5.90 Å². The molecule has 0 spiro atoms. The van der Waals surface area contributed by atoms with Crippen molar-refractivity contribution in [1.82, 2.24) is 0 Å². The van der Waals surface area contributed by atoms with E-state index in [1.54, 1.807) is 0 Å². The Morgan fingerprint density at radius 1 is 1.44 bits per heavy atom. The van der Waals surface area contributed by atoms with Crippen molar-refractivity contribution in [2.75, 3.05) is 6.61 Å². The van der Waals surface area contributed by atoms with Crippen LogP contribution in [0.15, 0.2) is 12.2 Å². The molecule has 0 aromatic rings. The third-order valence-corrected chi connectivity index (χ3v) is 0.967. The Balaban J connectivity index is 3.04. The first-order chi connectivity index (χ1) is 4.27. The molecule has 9 heavy (non-hydrogen) atoms. The highest BCUT2D eigenvalue weighted by molar-refractivity contribution is 4.81. The monoisotopic (exact) mass is 129 g/mol. The smallest absolute Gasteiger partial charge is 0.0860 e. The average molecular weight is 129 g/mol. The lowest BCUT2D eigenvalue weighted by Gasteiger charge is -1.95. The number of hydrogen-bond donors (Lipinski definition) is 1. The van der Waals surface area contributed by atoms with Crippen LogP contribution < -0.4 is 5.90 Å². The van der Waals surface area contributed by atoms with Crippen LogP contribution in [0, 0.1) is 5.92 Å². The molecular weight excluding hydrogens is 114 g/mol. The second-order valence-electron chi connectivity index (χ2n) is 2.43. The molecule has 0 heterocycles. The molecule has 0 aliphatic heterocycles. The molecule has 0 radical (unpaired) electrons. The fraction of sp³-hybridized carbons (Fsp3) is 0.714. The molecule has 0 saturated heterocycles. The SMILES string of the molecule is CC(C)C/C=C/CON. The maximum Gasteiger partial charge on any atom is 0.0860 e. The quantitative estimate of drug-likeness (QED) is 0.461. The van der Waals surface area contributed by atoms with Gasteiger partial charge in [-0.25, -0.2) is 5.90 Å². The zero-order valence-corrected chi connectivity index (χ0v) is 6.13. The van der Waals surface area contributed by atoms with Gasteiger partial charge in [-0.3, -0.25) is 0 Å². The molecule has 0 aromatic heterocycles. The average Bonchev–Trinajstić information content (AvgIpc) is 1.80. The molecule has 2 nitrogen and oxygen atoms in total. The van der Waals surface area contributed by atoms with E-state index < -0.39 is 0 Å². The summed E-state index contributed by atoms with van der Waals surface area (Å²) in [5, 5.41) is 0. The Kier molecular flexibility index (Phi) is 5.57. The number of rotatable bonds is 4. The van der Waals surface area contributed by atoms with Crippen molar-refractivity contribution in [3.8, 4) is 0 Å².